The first-order valence-corrected chi connectivity index (χ1v) is 8.34. The summed E-state index contributed by atoms with van der Waals surface area (Å²) in [5, 5.41) is 3.94. The van der Waals surface area contributed by atoms with Gasteiger partial charge in [-0.1, -0.05) is 30.3 Å². The van der Waals surface area contributed by atoms with Gasteiger partial charge < -0.3 is 19.2 Å². The van der Waals surface area contributed by atoms with Gasteiger partial charge in [-0.3, -0.25) is 4.79 Å². The average Bonchev–Trinajstić information content (AvgIpc) is 3.05. The van der Waals surface area contributed by atoms with E-state index >= 15 is 0 Å². The molecule has 0 aliphatic carbocycles. The molecule has 3 rings (SSSR count). The number of furan rings is 1. The van der Waals surface area contributed by atoms with Gasteiger partial charge in [-0.15, -0.1) is 0 Å². The largest absolute Gasteiger partial charge is 0.490 e. The lowest BCUT2D eigenvalue weighted by Gasteiger charge is -2.11. The second-order valence-corrected chi connectivity index (χ2v) is 5.53. The minimum atomic E-state index is -0.167. The standard InChI is InChI=1S/C20H21NO4/c1-2-23-18-9-5-6-10-19(18)25-14-20(22)21-12-11-15-13-24-17-8-4-3-7-16(15)17/h3-10,13H,2,11-12,14H2,1H3,(H,21,22). The lowest BCUT2D eigenvalue weighted by molar-refractivity contribution is -0.123. The molecule has 0 saturated heterocycles. The van der Waals surface area contributed by atoms with Crippen molar-refractivity contribution in [2.24, 2.45) is 0 Å². The molecule has 0 spiro atoms. The molecule has 0 saturated carbocycles. The molecule has 0 atom stereocenters. The molecule has 1 N–H and O–H groups in total. The van der Waals surface area contributed by atoms with Gasteiger partial charge in [0.15, 0.2) is 18.1 Å². The van der Waals surface area contributed by atoms with E-state index in [0.29, 0.717) is 31.1 Å². The summed E-state index contributed by atoms with van der Waals surface area (Å²) in [7, 11) is 0. The number of hydrogen-bond acceptors (Lipinski definition) is 4. The smallest absolute Gasteiger partial charge is 0.257 e. The minimum Gasteiger partial charge on any atom is -0.490 e. The Bertz CT molecular complexity index is 840. The summed E-state index contributed by atoms with van der Waals surface area (Å²) in [6, 6.07) is 15.2. The summed E-state index contributed by atoms with van der Waals surface area (Å²) >= 11 is 0. The van der Waals surface area contributed by atoms with E-state index in [2.05, 4.69) is 5.32 Å². The van der Waals surface area contributed by atoms with Crippen molar-refractivity contribution < 1.29 is 18.7 Å². The predicted molar refractivity (Wildman–Crippen MR) is 96.0 cm³/mol. The molecule has 2 aromatic carbocycles. The molecular formula is C20H21NO4. The first-order chi connectivity index (χ1) is 12.3. The second kappa shape index (κ2) is 8.24. The number of hydrogen-bond donors (Lipinski definition) is 1. The molecule has 1 aromatic heterocycles. The Morgan fingerprint density at radius 3 is 2.56 bits per heavy atom. The van der Waals surface area contributed by atoms with Crippen LogP contribution < -0.4 is 14.8 Å². The maximum absolute atomic E-state index is 12.0. The maximum Gasteiger partial charge on any atom is 0.257 e. The third kappa shape index (κ3) is 4.32. The number of ether oxygens (including phenoxy) is 2. The zero-order chi connectivity index (χ0) is 17.5. The van der Waals surface area contributed by atoms with Crippen LogP contribution in [-0.4, -0.2) is 25.7 Å². The molecule has 0 aliphatic heterocycles. The topological polar surface area (TPSA) is 60.7 Å². The predicted octanol–water partition coefficient (Wildman–Crippen LogP) is 3.57. The molecule has 0 fully saturated rings. The normalized spacial score (nSPS) is 10.6. The second-order valence-electron chi connectivity index (χ2n) is 5.53. The molecule has 130 valence electrons. The summed E-state index contributed by atoms with van der Waals surface area (Å²) in [4.78, 5) is 12.0. The fourth-order valence-electron chi connectivity index (χ4n) is 2.60. The van der Waals surface area contributed by atoms with Gasteiger partial charge in [0.25, 0.3) is 5.91 Å². The number of para-hydroxylation sites is 3. The van der Waals surface area contributed by atoms with Gasteiger partial charge in [0, 0.05) is 11.9 Å². The molecular weight excluding hydrogens is 318 g/mol. The minimum absolute atomic E-state index is 0.0454. The number of nitrogens with one attached hydrogen (secondary N) is 1. The van der Waals surface area contributed by atoms with Crippen LogP contribution in [0.25, 0.3) is 11.0 Å². The van der Waals surface area contributed by atoms with Gasteiger partial charge >= 0.3 is 0 Å². The molecule has 25 heavy (non-hydrogen) atoms. The van der Waals surface area contributed by atoms with Crippen molar-refractivity contribution in [1.82, 2.24) is 5.32 Å². The van der Waals surface area contributed by atoms with Gasteiger partial charge in [0.05, 0.1) is 12.9 Å². The van der Waals surface area contributed by atoms with E-state index in [-0.39, 0.29) is 12.5 Å². The van der Waals surface area contributed by atoms with Gasteiger partial charge in [-0.25, -0.2) is 0 Å². The lowest BCUT2D eigenvalue weighted by Crippen LogP contribution is -2.30. The number of amides is 1. The summed E-state index contributed by atoms with van der Waals surface area (Å²) < 4.78 is 16.5. The number of rotatable bonds is 8. The zero-order valence-corrected chi connectivity index (χ0v) is 14.2. The van der Waals surface area contributed by atoms with Crippen molar-refractivity contribution >= 4 is 16.9 Å². The number of carbonyl (C=O) groups excluding carboxylic acids is 1. The van der Waals surface area contributed by atoms with E-state index < -0.39 is 0 Å². The molecule has 5 heteroatoms. The van der Waals surface area contributed by atoms with Crippen LogP contribution in [0, 0.1) is 0 Å². The SMILES string of the molecule is CCOc1ccccc1OCC(=O)NCCc1coc2ccccc12. The van der Waals surface area contributed by atoms with Crippen LogP contribution in [0.4, 0.5) is 0 Å². The molecule has 5 nitrogen and oxygen atoms in total. The van der Waals surface area contributed by atoms with E-state index in [9.17, 15) is 4.79 Å². The molecule has 0 radical (unpaired) electrons. The number of carbonyl (C=O) groups is 1. The van der Waals surface area contributed by atoms with E-state index in [1.54, 1.807) is 12.3 Å². The average molecular weight is 339 g/mol. The highest BCUT2D eigenvalue weighted by Gasteiger charge is 2.08. The van der Waals surface area contributed by atoms with Crippen molar-refractivity contribution in [3.63, 3.8) is 0 Å². The Labute approximate surface area is 146 Å². The van der Waals surface area contributed by atoms with E-state index in [1.165, 1.54) is 0 Å². The van der Waals surface area contributed by atoms with E-state index in [1.807, 2.05) is 49.4 Å². The number of benzene rings is 2. The Hall–Kier alpha value is -2.95. The number of fused-ring (bicyclic) bond motifs is 1. The highest BCUT2D eigenvalue weighted by atomic mass is 16.5. The Morgan fingerprint density at radius 1 is 1.04 bits per heavy atom. The highest BCUT2D eigenvalue weighted by molar-refractivity contribution is 5.81. The van der Waals surface area contributed by atoms with Crippen LogP contribution >= 0.6 is 0 Å². The quantitative estimate of drug-likeness (QED) is 0.681. The van der Waals surface area contributed by atoms with Crippen molar-refractivity contribution in [1.29, 1.82) is 0 Å². The summed E-state index contributed by atoms with van der Waals surface area (Å²) in [5.41, 5.74) is 1.94. The van der Waals surface area contributed by atoms with Crippen LogP contribution in [-0.2, 0) is 11.2 Å². The van der Waals surface area contributed by atoms with Gasteiger partial charge in [0.2, 0.25) is 0 Å². The third-order valence-corrected chi connectivity index (χ3v) is 3.79. The van der Waals surface area contributed by atoms with E-state index in [0.717, 1.165) is 16.5 Å². The van der Waals surface area contributed by atoms with Crippen LogP contribution in [0.15, 0.2) is 59.2 Å². The highest BCUT2D eigenvalue weighted by Crippen LogP contribution is 2.26. The van der Waals surface area contributed by atoms with Gasteiger partial charge in [-0.2, -0.15) is 0 Å². The van der Waals surface area contributed by atoms with Crippen LogP contribution in [0.3, 0.4) is 0 Å². The van der Waals surface area contributed by atoms with Crippen LogP contribution in [0.1, 0.15) is 12.5 Å². The Balaban J connectivity index is 1.47. The lowest BCUT2D eigenvalue weighted by atomic mass is 10.1. The molecule has 1 heterocycles. The third-order valence-electron chi connectivity index (χ3n) is 3.79. The maximum atomic E-state index is 12.0. The molecule has 0 bridgehead atoms. The van der Waals surface area contributed by atoms with Crippen LogP contribution in [0.2, 0.25) is 0 Å². The van der Waals surface area contributed by atoms with Crippen molar-refractivity contribution in [3.8, 4) is 11.5 Å². The van der Waals surface area contributed by atoms with Gasteiger partial charge in [0.1, 0.15) is 5.58 Å². The first-order valence-electron chi connectivity index (χ1n) is 8.34. The fourth-order valence-corrected chi connectivity index (χ4v) is 2.60. The summed E-state index contributed by atoms with van der Waals surface area (Å²) in [6.07, 6.45) is 2.45. The zero-order valence-electron chi connectivity index (χ0n) is 14.2. The van der Waals surface area contributed by atoms with Crippen molar-refractivity contribution in [2.45, 2.75) is 13.3 Å². The van der Waals surface area contributed by atoms with Gasteiger partial charge in [-0.05, 0) is 37.1 Å². The fraction of sp³-hybridized carbons (Fsp3) is 0.250. The first kappa shape index (κ1) is 16.9. The Morgan fingerprint density at radius 2 is 1.76 bits per heavy atom. The van der Waals surface area contributed by atoms with E-state index in [4.69, 9.17) is 13.9 Å². The van der Waals surface area contributed by atoms with Crippen LogP contribution in [0.5, 0.6) is 11.5 Å². The Kier molecular flexibility index (Phi) is 5.57. The summed E-state index contributed by atoms with van der Waals surface area (Å²) in [6.45, 7) is 2.93. The van der Waals surface area contributed by atoms with Crippen molar-refractivity contribution in [3.05, 3.63) is 60.4 Å². The molecule has 0 unspecified atom stereocenters. The molecule has 0 aliphatic rings. The summed E-state index contributed by atoms with van der Waals surface area (Å²) in [5.74, 6) is 1.04. The van der Waals surface area contributed by atoms with Crippen molar-refractivity contribution in [2.75, 3.05) is 19.8 Å². The molecule has 3 aromatic rings. The monoisotopic (exact) mass is 339 g/mol. The molecule has 1 amide bonds.